The first-order valence-corrected chi connectivity index (χ1v) is 7.32. The second-order valence-electron chi connectivity index (χ2n) is 5.64. The Morgan fingerprint density at radius 2 is 2.05 bits per heavy atom. The largest absolute Gasteiger partial charge is 0.480 e. The molecule has 0 aliphatic heterocycles. The SMILES string of the molecule is COC1CCCC(OCCC(NC2CC2)C(=O)O)C1. The fourth-order valence-electron chi connectivity index (χ4n) is 2.63. The van der Waals surface area contributed by atoms with E-state index in [-0.39, 0.29) is 6.10 Å². The number of rotatable bonds is 8. The normalized spacial score (nSPS) is 29.1. The Balaban J connectivity index is 1.64. The summed E-state index contributed by atoms with van der Waals surface area (Å²) in [5.74, 6) is -0.770. The monoisotopic (exact) mass is 271 g/mol. The molecule has 0 radical (unpaired) electrons. The molecule has 0 heterocycles. The van der Waals surface area contributed by atoms with Gasteiger partial charge in [0.05, 0.1) is 12.2 Å². The quantitative estimate of drug-likeness (QED) is 0.701. The molecule has 5 heteroatoms. The van der Waals surface area contributed by atoms with Crippen LogP contribution >= 0.6 is 0 Å². The molecule has 2 aliphatic carbocycles. The highest BCUT2D eigenvalue weighted by Crippen LogP contribution is 2.23. The van der Waals surface area contributed by atoms with Crippen LogP contribution in [0.5, 0.6) is 0 Å². The van der Waals surface area contributed by atoms with E-state index < -0.39 is 12.0 Å². The molecular formula is C14H25NO4. The summed E-state index contributed by atoms with van der Waals surface area (Å²) in [4.78, 5) is 11.1. The maximum Gasteiger partial charge on any atom is 0.320 e. The van der Waals surface area contributed by atoms with E-state index in [0.717, 1.165) is 38.5 Å². The molecule has 2 N–H and O–H groups in total. The summed E-state index contributed by atoms with van der Waals surface area (Å²) in [5.41, 5.74) is 0. The molecule has 19 heavy (non-hydrogen) atoms. The van der Waals surface area contributed by atoms with E-state index in [9.17, 15) is 4.79 Å². The molecule has 0 aromatic carbocycles. The Kier molecular flexibility index (Phi) is 5.60. The van der Waals surface area contributed by atoms with E-state index in [0.29, 0.717) is 25.2 Å². The van der Waals surface area contributed by atoms with Gasteiger partial charge in [0.25, 0.3) is 0 Å². The number of carbonyl (C=O) groups is 1. The molecule has 0 aromatic heterocycles. The molecular weight excluding hydrogens is 246 g/mol. The van der Waals surface area contributed by atoms with Crippen LogP contribution in [-0.2, 0) is 14.3 Å². The summed E-state index contributed by atoms with van der Waals surface area (Å²) in [6.07, 6.45) is 7.51. The molecule has 2 saturated carbocycles. The van der Waals surface area contributed by atoms with Gasteiger partial charge in [-0.2, -0.15) is 0 Å². The predicted molar refractivity (Wildman–Crippen MR) is 71.2 cm³/mol. The lowest BCUT2D eigenvalue weighted by Crippen LogP contribution is -2.39. The number of methoxy groups -OCH3 is 1. The fourth-order valence-corrected chi connectivity index (χ4v) is 2.63. The van der Waals surface area contributed by atoms with Crippen molar-refractivity contribution in [2.45, 2.75) is 69.2 Å². The first-order chi connectivity index (χ1) is 9.19. The molecule has 3 atom stereocenters. The van der Waals surface area contributed by atoms with Crippen molar-refractivity contribution >= 4 is 5.97 Å². The van der Waals surface area contributed by atoms with Gasteiger partial charge in [0.15, 0.2) is 0 Å². The van der Waals surface area contributed by atoms with Crippen molar-refractivity contribution < 1.29 is 19.4 Å². The van der Waals surface area contributed by atoms with Gasteiger partial charge in [-0.1, -0.05) is 0 Å². The third-order valence-corrected chi connectivity index (χ3v) is 3.98. The minimum absolute atomic E-state index is 0.231. The van der Waals surface area contributed by atoms with Crippen molar-refractivity contribution in [1.29, 1.82) is 0 Å². The minimum Gasteiger partial charge on any atom is -0.480 e. The van der Waals surface area contributed by atoms with Crippen LogP contribution in [0.4, 0.5) is 0 Å². The lowest BCUT2D eigenvalue weighted by molar-refractivity contribution is -0.140. The number of carboxylic acids is 1. The second kappa shape index (κ2) is 7.22. The number of aliphatic carboxylic acids is 1. The molecule has 2 fully saturated rings. The first kappa shape index (κ1) is 14.8. The zero-order valence-corrected chi connectivity index (χ0v) is 11.6. The topological polar surface area (TPSA) is 67.8 Å². The van der Waals surface area contributed by atoms with Crippen molar-refractivity contribution in [2.24, 2.45) is 0 Å². The number of carboxylic acid groups (broad SMARTS) is 1. The molecule has 0 saturated heterocycles. The Morgan fingerprint density at radius 3 is 2.68 bits per heavy atom. The smallest absolute Gasteiger partial charge is 0.320 e. The second-order valence-corrected chi connectivity index (χ2v) is 5.64. The summed E-state index contributed by atoms with van der Waals surface area (Å²) in [5, 5.41) is 12.3. The molecule has 0 bridgehead atoms. The Bertz CT molecular complexity index is 293. The van der Waals surface area contributed by atoms with Crippen molar-refractivity contribution in [3.63, 3.8) is 0 Å². The van der Waals surface area contributed by atoms with Gasteiger partial charge >= 0.3 is 5.97 Å². The summed E-state index contributed by atoms with van der Waals surface area (Å²) in [7, 11) is 1.74. The predicted octanol–water partition coefficient (Wildman–Crippen LogP) is 1.56. The van der Waals surface area contributed by atoms with Crippen LogP contribution in [-0.4, -0.2) is 49.1 Å². The van der Waals surface area contributed by atoms with Gasteiger partial charge in [0.2, 0.25) is 0 Å². The molecule has 5 nitrogen and oxygen atoms in total. The van der Waals surface area contributed by atoms with Gasteiger partial charge < -0.3 is 19.9 Å². The van der Waals surface area contributed by atoms with E-state index >= 15 is 0 Å². The number of hydrogen-bond acceptors (Lipinski definition) is 4. The molecule has 0 spiro atoms. The van der Waals surface area contributed by atoms with E-state index in [1.54, 1.807) is 7.11 Å². The summed E-state index contributed by atoms with van der Waals surface area (Å²) < 4.78 is 11.2. The van der Waals surface area contributed by atoms with E-state index in [1.165, 1.54) is 0 Å². The van der Waals surface area contributed by atoms with Gasteiger partial charge in [-0.05, 0) is 44.9 Å². The zero-order valence-electron chi connectivity index (χ0n) is 11.6. The first-order valence-electron chi connectivity index (χ1n) is 7.32. The van der Waals surface area contributed by atoms with Crippen LogP contribution in [0.15, 0.2) is 0 Å². The maximum atomic E-state index is 11.1. The molecule has 0 amide bonds. The van der Waals surface area contributed by atoms with Crippen LogP contribution < -0.4 is 5.32 Å². The van der Waals surface area contributed by atoms with E-state index in [4.69, 9.17) is 14.6 Å². The maximum absolute atomic E-state index is 11.1. The van der Waals surface area contributed by atoms with Gasteiger partial charge in [0.1, 0.15) is 6.04 Å². The van der Waals surface area contributed by atoms with Crippen LogP contribution in [0, 0.1) is 0 Å². The summed E-state index contributed by atoms with van der Waals surface area (Å²) in [6.45, 7) is 0.512. The number of nitrogens with one attached hydrogen (secondary N) is 1. The minimum atomic E-state index is -0.770. The van der Waals surface area contributed by atoms with Gasteiger partial charge in [-0.25, -0.2) is 0 Å². The number of ether oxygens (including phenoxy) is 2. The van der Waals surface area contributed by atoms with Gasteiger partial charge in [0, 0.05) is 19.8 Å². The highest BCUT2D eigenvalue weighted by atomic mass is 16.5. The Hall–Kier alpha value is -0.650. The Labute approximate surface area is 114 Å². The molecule has 110 valence electrons. The van der Waals surface area contributed by atoms with Crippen molar-refractivity contribution in [2.75, 3.05) is 13.7 Å². The van der Waals surface area contributed by atoms with Crippen molar-refractivity contribution in [1.82, 2.24) is 5.32 Å². The highest BCUT2D eigenvalue weighted by Gasteiger charge is 2.28. The van der Waals surface area contributed by atoms with Crippen molar-refractivity contribution in [3.8, 4) is 0 Å². The lowest BCUT2D eigenvalue weighted by Gasteiger charge is -2.28. The highest BCUT2D eigenvalue weighted by molar-refractivity contribution is 5.73. The number of hydrogen-bond donors (Lipinski definition) is 2. The van der Waals surface area contributed by atoms with E-state index in [1.807, 2.05) is 0 Å². The lowest BCUT2D eigenvalue weighted by atomic mass is 9.95. The van der Waals surface area contributed by atoms with Crippen LogP contribution in [0.25, 0.3) is 0 Å². The molecule has 2 aliphatic rings. The van der Waals surface area contributed by atoms with E-state index in [2.05, 4.69) is 5.32 Å². The molecule has 3 unspecified atom stereocenters. The summed E-state index contributed by atoms with van der Waals surface area (Å²) >= 11 is 0. The third kappa shape index (κ3) is 5.09. The standard InChI is InChI=1S/C14H25NO4/c1-18-11-3-2-4-12(9-11)19-8-7-13(14(16)17)15-10-5-6-10/h10-13,15H,2-9H2,1H3,(H,16,17). The fraction of sp³-hybridized carbons (Fsp3) is 0.929. The van der Waals surface area contributed by atoms with Crippen LogP contribution in [0.1, 0.15) is 44.9 Å². The van der Waals surface area contributed by atoms with Crippen LogP contribution in [0.2, 0.25) is 0 Å². The van der Waals surface area contributed by atoms with Crippen molar-refractivity contribution in [3.05, 3.63) is 0 Å². The molecule has 0 aromatic rings. The van der Waals surface area contributed by atoms with Gasteiger partial charge in [-0.15, -0.1) is 0 Å². The Morgan fingerprint density at radius 1 is 1.32 bits per heavy atom. The average Bonchev–Trinajstić information content (AvgIpc) is 3.21. The average molecular weight is 271 g/mol. The van der Waals surface area contributed by atoms with Crippen LogP contribution in [0.3, 0.4) is 0 Å². The summed E-state index contributed by atoms with van der Waals surface area (Å²) in [6, 6.07) is -0.0528. The zero-order chi connectivity index (χ0) is 13.7. The third-order valence-electron chi connectivity index (χ3n) is 3.98. The molecule has 2 rings (SSSR count). The van der Waals surface area contributed by atoms with Gasteiger partial charge in [-0.3, -0.25) is 4.79 Å².